The molecule has 18 heavy (non-hydrogen) atoms. The molecule has 0 saturated carbocycles. The molecule has 1 aliphatic carbocycles. The average molecular weight is 267 g/mol. The largest absolute Gasteiger partial charge is 0.508 e. The molecule has 0 aromatic heterocycles. The topological polar surface area (TPSA) is 66.4 Å². The molecule has 1 aromatic carbocycles. The van der Waals surface area contributed by atoms with E-state index in [0.717, 1.165) is 19.3 Å². The van der Waals surface area contributed by atoms with Crippen molar-refractivity contribution in [2.45, 2.75) is 24.2 Å². The van der Waals surface area contributed by atoms with Crippen LogP contribution in [0.25, 0.3) is 0 Å². The molecule has 0 aliphatic heterocycles. The number of benzene rings is 1. The maximum atomic E-state index is 12.0. The summed E-state index contributed by atoms with van der Waals surface area (Å²) in [5, 5.41) is 9.13. The van der Waals surface area contributed by atoms with Crippen LogP contribution in [-0.4, -0.2) is 20.1 Å². The van der Waals surface area contributed by atoms with Gasteiger partial charge in [0.1, 0.15) is 5.75 Å². The summed E-state index contributed by atoms with van der Waals surface area (Å²) in [6, 6.07) is 5.55. The number of hydrogen-bond donors (Lipinski definition) is 2. The molecule has 0 amide bonds. The molecule has 2 N–H and O–H groups in total. The predicted octanol–water partition coefficient (Wildman–Crippen LogP) is 2.03. The summed E-state index contributed by atoms with van der Waals surface area (Å²) < 4.78 is 26.6. The molecule has 0 spiro atoms. The number of rotatable bonds is 4. The van der Waals surface area contributed by atoms with Gasteiger partial charge < -0.3 is 5.11 Å². The van der Waals surface area contributed by atoms with Crippen LogP contribution in [-0.2, 0) is 10.0 Å². The van der Waals surface area contributed by atoms with E-state index in [9.17, 15) is 8.42 Å². The van der Waals surface area contributed by atoms with Crippen LogP contribution in [0.2, 0.25) is 0 Å². The van der Waals surface area contributed by atoms with Crippen LogP contribution < -0.4 is 4.72 Å². The second kappa shape index (κ2) is 5.54. The smallest absolute Gasteiger partial charge is 0.240 e. The van der Waals surface area contributed by atoms with Gasteiger partial charge in [-0.25, -0.2) is 13.1 Å². The maximum Gasteiger partial charge on any atom is 0.240 e. The number of allylic oxidation sites excluding steroid dienone is 2. The van der Waals surface area contributed by atoms with E-state index in [-0.39, 0.29) is 10.6 Å². The molecule has 5 heteroatoms. The molecule has 2 rings (SSSR count). The van der Waals surface area contributed by atoms with E-state index in [1.165, 1.54) is 24.3 Å². The Morgan fingerprint density at radius 3 is 2.56 bits per heavy atom. The van der Waals surface area contributed by atoms with Crippen molar-refractivity contribution in [3.63, 3.8) is 0 Å². The van der Waals surface area contributed by atoms with E-state index < -0.39 is 10.0 Å². The van der Waals surface area contributed by atoms with Crippen molar-refractivity contribution in [1.82, 2.24) is 4.72 Å². The lowest BCUT2D eigenvalue weighted by Crippen LogP contribution is -2.29. The van der Waals surface area contributed by atoms with E-state index in [4.69, 9.17) is 5.11 Å². The van der Waals surface area contributed by atoms with Crippen LogP contribution in [0.1, 0.15) is 19.3 Å². The molecule has 0 heterocycles. The Labute approximate surface area is 107 Å². The Balaban J connectivity index is 1.99. The van der Waals surface area contributed by atoms with Crippen LogP contribution >= 0.6 is 0 Å². The van der Waals surface area contributed by atoms with Gasteiger partial charge in [-0.05, 0) is 49.4 Å². The summed E-state index contributed by atoms with van der Waals surface area (Å²) in [6.07, 6.45) is 7.20. The van der Waals surface area contributed by atoms with Crippen molar-refractivity contribution in [3.8, 4) is 5.75 Å². The summed E-state index contributed by atoms with van der Waals surface area (Å²) in [5.74, 6) is 0.438. The van der Waals surface area contributed by atoms with E-state index in [1.807, 2.05) is 0 Å². The molecule has 1 unspecified atom stereocenters. The fraction of sp³-hybridized carbons (Fsp3) is 0.385. The lowest BCUT2D eigenvalue weighted by molar-refractivity contribution is 0.467. The van der Waals surface area contributed by atoms with Crippen LogP contribution in [0, 0.1) is 5.92 Å². The van der Waals surface area contributed by atoms with E-state index >= 15 is 0 Å². The zero-order valence-electron chi connectivity index (χ0n) is 10.0. The molecule has 1 aromatic rings. The fourth-order valence-electron chi connectivity index (χ4n) is 1.98. The number of sulfonamides is 1. The average Bonchev–Trinajstić information content (AvgIpc) is 2.38. The number of phenols is 1. The van der Waals surface area contributed by atoms with E-state index in [0.29, 0.717) is 12.5 Å². The standard InChI is InChI=1S/C13H17NO3S/c15-12-6-8-13(9-7-12)18(16,17)14-10-11-4-2-1-3-5-11/h1-2,6-9,11,14-15H,3-5,10H2. The number of hydrogen-bond acceptors (Lipinski definition) is 3. The van der Waals surface area contributed by atoms with Gasteiger partial charge >= 0.3 is 0 Å². The van der Waals surface area contributed by atoms with E-state index in [2.05, 4.69) is 16.9 Å². The molecule has 1 atom stereocenters. The minimum atomic E-state index is -3.46. The summed E-state index contributed by atoms with van der Waals surface area (Å²) in [4.78, 5) is 0.187. The van der Waals surface area contributed by atoms with Crippen LogP contribution in [0.15, 0.2) is 41.3 Å². The number of phenolic OH excluding ortho intramolecular Hbond substituents is 1. The molecule has 1 aliphatic rings. The normalized spacial score (nSPS) is 19.9. The second-order valence-corrected chi connectivity index (χ2v) is 6.26. The van der Waals surface area contributed by atoms with Gasteiger partial charge in [0.05, 0.1) is 4.90 Å². The first kappa shape index (κ1) is 13.1. The third kappa shape index (κ3) is 3.34. The first-order chi connectivity index (χ1) is 8.58. The zero-order chi connectivity index (χ0) is 13.0. The summed E-state index contributed by atoms with van der Waals surface area (Å²) in [5.41, 5.74) is 0. The minimum Gasteiger partial charge on any atom is -0.508 e. The highest BCUT2D eigenvalue weighted by atomic mass is 32.2. The van der Waals surface area contributed by atoms with Gasteiger partial charge in [-0.3, -0.25) is 0 Å². The van der Waals surface area contributed by atoms with Crippen LogP contribution in [0.4, 0.5) is 0 Å². The van der Waals surface area contributed by atoms with Crippen molar-refractivity contribution in [3.05, 3.63) is 36.4 Å². The van der Waals surface area contributed by atoms with Crippen molar-refractivity contribution < 1.29 is 13.5 Å². The monoisotopic (exact) mass is 267 g/mol. The Morgan fingerprint density at radius 2 is 1.94 bits per heavy atom. The van der Waals surface area contributed by atoms with Crippen molar-refractivity contribution in [1.29, 1.82) is 0 Å². The number of aromatic hydroxyl groups is 1. The van der Waals surface area contributed by atoms with Gasteiger partial charge in [-0.2, -0.15) is 0 Å². The zero-order valence-corrected chi connectivity index (χ0v) is 10.9. The number of nitrogens with one attached hydrogen (secondary N) is 1. The highest BCUT2D eigenvalue weighted by molar-refractivity contribution is 7.89. The van der Waals surface area contributed by atoms with Gasteiger partial charge in [0.15, 0.2) is 0 Å². The fourth-order valence-corrected chi connectivity index (χ4v) is 3.09. The Morgan fingerprint density at radius 1 is 1.22 bits per heavy atom. The first-order valence-electron chi connectivity index (χ1n) is 6.01. The predicted molar refractivity (Wildman–Crippen MR) is 69.8 cm³/mol. The third-order valence-electron chi connectivity index (χ3n) is 3.09. The van der Waals surface area contributed by atoms with E-state index in [1.54, 1.807) is 0 Å². The molecule has 0 bridgehead atoms. The van der Waals surface area contributed by atoms with Gasteiger partial charge in [0.2, 0.25) is 10.0 Å². The highest BCUT2D eigenvalue weighted by Crippen LogP contribution is 2.19. The summed E-state index contributed by atoms with van der Waals surface area (Å²) >= 11 is 0. The van der Waals surface area contributed by atoms with Crippen LogP contribution in [0.5, 0.6) is 5.75 Å². The molecule has 98 valence electrons. The first-order valence-corrected chi connectivity index (χ1v) is 7.50. The Hall–Kier alpha value is -1.33. The molecule has 0 radical (unpaired) electrons. The Bertz CT molecular complexity index is 520. The van der Waals surface area contributed by atoms with Crippen molar-refractivity contribution >= 4 is 10.0 Å². The van der Waals surface area contributed by atoms with Gasteiger partial charge in [0.25, 0.3) is 0 Å². The third-order valence-corrected chi connectivity index (χ3v) is 4.53. The molecule has 4 nitrogen and oxygen atoms in total. The highest BCUT2D eigenvalue weighted by Gasteiger charge is 2.17. The molecule has 0 saturated heterocycles. The molecular formula is C13H17NO3S. The molecule has 0 fully saturated rings. The molecular weight excluding hydrogens is 250 g/mol. The van der Waals surface area contributed by atoms with Gasteiger partial charge in [-0.15, -0.1) is 0 Å². The summed E-state index contributed by atoms with van der Waals surface area (Å²) in [6.45, 7) is 0.466. The minimum absolute atomic E-state index is 0.0615. The van der Waals surface area contributed by atoms with Gasteiger partial charge in [0, 0.05) is 6.54 Å². The summed E-state index contributed by atoms with van der Waals surface area (Å²) in [7, 11) is -3.46. The van der Waals surface area contributed by atoms with Gasteiger partial charge in [-0.1, -0.05) is 12.2 Å². The maximum absolute atomic E-state index is 12.0. The lowest BCUT2D eigenvalue weighted by Gasteiger charge is -2.18. The Kier molecular flexibility index (Phi) is 4.04. The lowest BCUT2D eigenvalue weighted by atomic mass is 9.95. The van der Waals surface area contributed by atoms with Crippen molar-refractivity contribution in [2.24, 2.45) is 5.92 Å². The second-order valence-electron chi connectivity index (χ2n) is 4.50. The van der Waals surface area contributed by atoms with Crippen LogP contribution in [0.3, 0.4) is 0 Å². The SMILES string of the molecule is O=S(=O)(NCC1CC=CCC1)c1ccc(O)cc1. The quantitative estimate of drug-likeness (QED) is 0.820. The van der Waals surface area contributed by atoms with Crippen molar-refractivity contribution in [2.75, 3.05) is 6.54 Å².